The lowest BCUT2D eigenvalue weighted by molar-refractivity contribution is 0.0757. The predicted octanol–water partition coefficient (Wildman–Crippen LogP) is 4.47. The zero-order chi connectivity index (χ0) is 20.8. The molecule has 0 spiro atoms. The molecule has 4 nitrogen and oxygen atoms in total. The van der Waals surface area contributed by atoms with Gasteiger partial charge in [-0.15, -0.1) is 0 Å². The average Bonchev–Trinajstić information content (AvgIpc) is 2.94. The van der Waals surface area contributed by atoms with Crippen molar-refractivity contribution in [3.05, 3.63) is 95.6 Å². The maximum absolute atomic E-state index is 10.4. The van der Waals surface area contributed by atoms with E-state index in [2.05, 4.69) is 54.4 Å². The Morgan fingerprint density at radius 3 is 2.50 bits per heavy atom. The van der Waals surface area contributed by atoms with Gasteiger partial charge in [-0.2, -0.15) is 0 Å². The molecular weight excluding hydrogens is 374 g/mol. The highest BCUT2D eigenvalue weighted by atomic mass is 16.5. The van der Waals surface area contributed by atoms with Gasteiger partial charge in [0.1, 0.15) is 30.8 Å². The summed E-state index contributed by atoms with van der Waals surface area (Å²) in [5.74, 6) is 2.03. The van der Waals surface area contributed by atoms with E-state index in [1.165, 1.54) is 16.7 Å². The van der Waals surface area contributed by atoms with E-state index < -0.39 is 6.10 Å². The fraction of sp³-hybridized carbons (Fsp3) is 0.308. The molecule has 1 heterocycles. The Balaban J connectivity index is 1.38. The molecule has 2 atom stereocenters. The fourth-order valence-electron chi connectivity index (χ4n) is 4.10. The third-order valence-electron chi connectivity index (χ3n) is 5.62. The number of para-hydroxylation sites is 2. The second-order valence-electron chi connectivity index (χ2n) is 7.91. The highest BCUT2D eigenvalue weighted by Gasteiger charge is 2.24. The molecule has 0 aromatic heterocycles. The SMILES string of the molecule is CN(CC[C@@H]1c2ccccc2COc2ccccc21)C[C@H](O)COc1ccccc1. The van der Waals surface area contributed by atoms with Gasteiger partial charge < -0.3 is 19.5 Å². The molecule has 0 amide bonds. The summed E-state index contributed by atoms with van der Waals surface area (Å²) < 4.78 is 11.8. The van der Waals surface area contributed by atoms with Gasteiger partial charge in [-0.3, -0.25) is 0 Å². The molecule has 0 bridgehead atoms. The van der Waals surface area contributed by atoms with Crippen LogP contribution in [0.15, 0.2) is 78.9 Å². The van der Waals surface area contributed by atoms with Gasteiger partial charge in [-0.05, 0) is 49.3 Å². The molecule has 0 saturated heterocycles. The topological polar surface area (TPSA) is 41.9 Å². The largest absolute Gasteiger partial charge is 0.491 e. The number of rotatable bonds is 8. The highest BCUT2D eigenvalue weighted by Crippen LogP contribution is 2.39. The van der Waals surface area contributed by atoms with Crippen LogP contribution in [0.5, 0.6) is 11.5 Å². The molecule has 0 saturated carbocycles. The molecule has 156 valence electrons. The number of ether oxygens (including phenoxy) is 2. The lowest BCUT2D eigenvalue weighted by Crippen LogP contribution is -2.34. The van der Waals surface area contributed by atoms with E-state index in [-0.39, 0.29) is 12.5 Å². The van der Waals surface area contributed by atoms with Crippen LogP contribution in [0.4, 0.5) is 0 Å². The van der Waals surface area contributed by atoms with E-state index in [0.717, 1.165) is 24.5 Å². The van der Waals surface area contributed by atoms with Crippen molar-refractivity contribution < 1.29 is 14.6 Å². The number of aliphatic hydroxyl groups excluding tert-OH is 1. The minimum Gasteiger partial charge on any atom is -0.491 e. The number of hydrogen-bond acceptors (Lipinski definition) is 4. The van der Waals surface area contributed by atoms with Crippen LogP contribution in [0.2, 0.25) is 0 Å². The molecule has 1 N–H and O–H groups in total. The van der Waals surface area contributed by atoms with Crippen LogP contribution in [0, 0.1) is 0 Å². The third-order valence-corrected chi connectivity index (χ3v) is 5.62. The monoisotopic (exact) mass is 403 g/mol. The lowest BCUT2D eigenvalue weighted by atomic mass is 9.86. The minimum atomic E-state index is -0.535. The van der Waals surface area contributed by atoms with E-state index in [1.807, 2.05) is 36.4 Å². The summed E-state index contributed by atoms with van der Waals surface area (Å²) in [7, 11) is 2.05. The minimum absolute atomic E-state index is 0.278. The zero-order valence-corrected chi connectivity index (χ0v) is 17.4. The van der Waals surface area contributed by atoms with Crippen LogP contribution >= 0.6 is 0 Å². The second-order valence-corrected chi connectivity index (χ2v) is 7.91. The average molecular weight is 404 g/mol. The van der Waals surface area contributed by atoms with Crippen LogP contribution in [-0.2, 0) is 6.61 Å². The maximum Gasteiger partial charge on any atom is 0.123 e. The molecule has 3 aromatic rings. The van der Waals surface area contributed by atoms with Crippen molar-refractivity contribution in [1.82, 2.24) is 4.90 Å². The van der Waals surface area contributed by atoms with Gasteiger partial charge in [0.05, 0.1) is 0 Å². The number of benzene rings is 3. The van der Waals surface area contributed by atoms with E-state index >= 15 is 0 Å². The number of nitrogens with zero attached hydrogens (tertiary/aromatic N) is 1. The van der Waals surface area contributed by atoms with Gasteiger partial charge in [0.2, 0.25) is 0 Å². The van der Waals surface area contributed by atoms with Gasteiger partial charge in [0.15, 0.2) is 0 Å². The van der Waals surface area contributed by atoms with Gasteiger partial charge >= 0.3 is 0 Å². The standard InChI is InChI=1S/C26H29NO3/c1-27(17-21(28)19-29-22-10-3-2-4-11-22)16-15-24-23-12-6-5-9-20(23)18-30-26-14-8-7-13-25(24)26/h2-14,21,24,28H,15-19H2,1H3/t21-,24+/m0/s1. The van der Waals surface area contributed by atoms with Crippen molar-refractivity contribution in [2.24, 2.45) is 0 Å². The van der Waals surface area contributed by atoms with E-state index in [0.29, 0.717) is 13.2 Å². The van der Waals surface area contributed by atoms with Crippen molar-refractivity contribution in [3.63, 3.8) is 0 Å². The molecule has 0 fully saturated rings. The summed E-state index contributed by atoms with van der Waals surface area (Å²) in [6, 6.07) is 26.5. The molecule has 0 unspecified atom stereocenters. The molecule has 1 aliphatic heterocycles. The van der Waals surface area contributed by atoms with Crippen LogP contribution in [0.1, 0.15) is 29.0 Å². The molecule has 4 rings (SSSR count). The normalized spacial score (nSPS) is 16.2. The second kappa shape index (κ2) is 9.79. The first kappa shape index (κ1) is 20.5. The zero-order valence-electron chi connectivity index (χ0n) is 17.4. The summed E-state index contributed by atoms with van der Waals surface area (Å²) in [5.41, 5.74) is 3.82. The van der Waals surface area contributed by atoms with Crippen molar-refractivity contribution in [3.8, 4) is 11.5 Å². The maximum atomic E-state index is 10.4. The van der Waals surface area contributed by atoms with Gasteiger partial charge in [-0.25, -0.2) is 0 Å². The molecule has 4 heteroatoms. The van der Waals surface area contributed by atoms with Gasteiger partial charge in [0.25, 0.3) is 0 Å². The number of hydrogen-bond donors (Lipinski definition) is 1. The summed E-state index contributed by atoms with van der Waals surface area (Å²) in [6.45, 7) is 2.33. The van der Waals surface area contributed by atoms with Crippen molar-refractivity contribution in [2.75, 3.05) is 26.7 Å². The van der Waals surface area contributed by atoms with Crippen molar-refractivity contribution >= 4 is 0 Å². The molecular formula is C26H29NO3. The Kier molecular flexibility index (Phi) is 6.67. The smallest absolute Gasteiger partial charge is 0.123 e. The Bertz CT molecular complexity index is 896. The fourth-order valence-corrected chi connectivity index (χ4v) is 4.10. The summed E-state index contributed by atoms with van der Waals surface area (Å²) in [5, 5.41) is 10.4. The first-order chi connectivity index (χ1) is 14.7. The van der Waals surface area contributed by atoms with Crippen LogP contribution < -0.4 is 9.47 Å². The number of aliphatic hydroxyl groups is 1. The summed E-state index contributed by atoms with van der Waals surface area (Å²) in [4.78, 5) is 2.18. The van der Waals surface area contributed by atoms with E-state index in [1.54, 1.807) is 0 Å². The van der Waals surface area contributed by atoms with Crippen LogP contribution in [0.3, 0.4) is 0 Å². The van der Waals surface area contributed by atoms with E-state index in [4.69, 9.17) is 9.47 Å². The molecule has 0 aliphatic carbocycles. The quantitative estimate of drug-likeness (QED) is 0.602. The molecule has 1 aliphatic rings. The first-order valence-electron chi connectivity index (χ1n) is 10.5. The predicted molar refractivity (Wildman–Crippen MR) is 119 cm³/mol. The molecule has 30 heavy (non-hydrogen) atoms. The third kappa shape index (κ3) is 5.02. The first-order valence-corrected chi connectivity index (χ1v) is 10.5. The van der Waals surface area contributed by atoms with Gasteiger partial charge in [0, 0.05) is 18.0 Å². The van der Waals surface area contributed by atoms with E-state index in [9.17, 15) is 5.11 Å². The van der Waals surface area contributed by atoms with Crippen LogP contribution in [-0.4, -0.2) is 42.9 Å². The van der Waals surface area contributed by atoms with Crippen molar-refractivity contribution in [2.45, 2.75) is 25.0 Å². The number of fused-ring (bicyclic) bond motifs is 2. The Morgan fingerprint density at radius 1 is 0.967 bits per heavy atom. The summed E-state index contributed by atoms with van der Waals surface area (Å²) in [6.07, 6.45) is 0.424. The molecule has 3 aromatic carbocycles. The molecule has 0 radical (unpaired) electrons. The lowest BCUT2D eigenvalue weighted by Gasteiger charge is -2.24. The Hall–Kier alpha value is -2.82. The number of likely N-dealkylation sites (N-methyl/N-ethyl adjacent to an activating group) is 1. The van der Waals surface area contributed by atoms with Gasteiger partial charge in [-0.1, -0.05) is 60.7 Å². The highest BCUT2D eigenvalue weighted by molar-refractivity contribution is 5.46. The van der Waals surface area contributed by atoms with Crippen LogP contribution in [0.25, 0.3) is 0 Å². The van der Waals surface area contributed by atoms with Crippen molar-refractivity contribution in [1.29, 1.82) is 0 Å². The summed E-state index contributed by atoms with van der Waals surface area (Å²) >= 11 is 0. The Morgan fingerprint density at radius 2 is 1.67 bits per heavy atom. The Labute approximate surface area is 178 Å².